The Balaban J connectivity index is 2.25. The fourth-order valence-corrected chi connectivity index (χ4v) is 3.81. The van der Waals surface area contributed by atoms with E-state index < -0.39 is 0 Å². The summed E-state index contributed by atoms with van der Waals surface area (Å²) in [6.07, 6.45) is 2.79. The van der Waals surface area contributed by atoms with E-state index >= 15 is 0 Å². The molecule has 2 heterocycles. The molecule has 104 valence electrons. The molecule has 1 unspecified atom stereocenters. The van der Waals surface area contributed by atoms with Gasteiger partial charge in [-0.1, -0.05) is 32.4 Å². The van der Waals surface area contributed by atoms with Crippen LogP contribution < -0.4 is 5.32 Å². The Morgan fingerprint density at radius 3 is 2.68 bits per heavy atom. The summed E-state index contributed by atoms with van der Waals surface area (Å²) >= 11 is 9.20. The molecule has 0 saturated heterocycles. The maximum Gasteiger partial charge on any atom is 0.118 e. The highest BCUT2D eigenvalue weighted by atomic mass is 35.5. The Morgan fingerprint density at radius 2 is 2.16 bits per heavy atom. The van der Waals surface area contributed by atoms with E-state index in [1.54, 1.807) is 17.5 Å². The van der Waals surface area contributed by atoms with Gasteiger partial charge in [-0.25, -0.2) is 9.97 Å². The first-order valence-corrected chi connectivity index (χ1v) is 8.49. The van der Waals surface area contributed by atoms with Crippen molar-refractivity contribution in [3.63, 3.8) is 0 Å². The molecule has 6 heteroatoms. The fourth-order valence-electron chi connectivity index (χ4n) is 1.67. The summed E-state index contributed by atoms with van der Waals surface area (Å²) in [5.74, 6) is 0.455. The van der Waals surface area contributed by atoms with Gasteiger partial charge in [0.15, 0.2) is 0 Å². The summed E-state index contributed by atoms with van der Waals surface area (Å²) in [5, 5.41) is 7.70. The van der Waals surface area contributed by atoms with Crippen molar-refractivity contribution in [2.45, 2.75) is 39.2 Å². The summed E-state index contributed by atoms with van der Waals surface area (Å²) in [7, 11) is 0. The lowest BCUT2D eigenvalue weighted by Gasteiger charge is -2.13. The molecule has 0 bridgehead atoms. The van der Waals surface area contributed by atoms with Crippen LogP contribution in [0, 0.1) is 0 Å². The largest absolute Gasteiger partial charge is 0.302 e. The molecule has 1 atom stereocenters. The summed E-state index contributed by atoms with van der Waals surface area (Å²) in [4.78, 5) is 9.12. The molecular weight excluding hydrogens is 298 g/mol. The molecule has 1 N–H and O–H groups in total. The maximum atomic E-state index is 5.99. The highest BCUT2D eigenvalue weighted by molar-refractivity contribution is 7.16. The summed E-state index contributed by atoms with van der Waals surface area (Å²) < 4.78 is 0.721. The van der Waals surface area contributed by atoms with Gasteiger partial charge < -0.3 is 5.32 Å². The summed E-state index contributed by atoms with van der Waals surface area (Å²) in [6, 6.07) is 0.0648. The number of halogens is 1. The number of thiazole rings is 2. The van der Waals surface area contributed by atoms with Crippen molar-refractivity contribution in [3.05, 3.63) is 31.6 Å². The third kappa shape index (κ3) is 3.75. The second-order valence-corrected chi connectivity index (χ2v) is 7.24. The van der Waals surface area contributed by atoms with Crippen molar-refractivity contribution in [3.8, 4) is 0 Å². The molecule has 0 radical (unpaired) electrons. The van der Waals surface area contributed by atoms with E-state index in [0.29, 0.717) is 5.92 Å². The Bertz CT molecular complexity index is 521. The van der Waals surface area contributed by atoms with E-state index in [9.17, 15) is 0 Å². The van der Waals surface area contributed by atoms with Gasteiger partial charge in [0, 0.05) is 5.38 Å². The van der Waals surface area contributed by atoms with E-state index in [0.717, 1.165) is 33.0 Å². The lowest BCUT2D eigenvalue weighted by Crippen LogP contribution is -2.23. The summed E-state index contributed by atoms with van der Waals surface area (Å²) in [6.45, 7) is 7.42. The van der Waals surface area contributed by atoms with Crippen LogP contribution in [0.4, 0.5) is 0 Å². The average Bonchev–Trinajstić information content (AvgIpc) is 2.99. The molecule has 2 rings (SSSR count). The molecule has 2 aromatic heterocycles. The van der Waals surface area contributed by atoms with Crippen molar-refractivity contribution < 1.29 is 0 Å². The van der Waals surface area contributed by atoms with E-state index in [1.807, 2.05) is 0 Å². The SMILES string of the molecule is CCCNC(c1nc(C(C)C)cs1)c1ncc(Cl)s1. The minimum Gasteiger partial charge on any atom is -0.302 e. The van der Waals surface area contributed by atoms with Crippen molar-refractivity contribution in [2.75, 3.05) is 6.54 Å². The van der Waals surface area contributed by atoms with Crippen molar-refractivity contribution in [1.82, 2.24) is 15.3 Å². The van der Waals surface area contributed by atoms with Crippen LogP contribution in [0.1, 0.15) is 54.9 Å². The Hall–Kier alpha value is -0.490. The van der Waals surface area contributed by atoms with Crippen LogP contribution in [0.15, 0.2) is 11.6 Å². The number of nitrogens with one attached hydrogen (secondary N) is 1. The van der Waals surface area contributed by atoms with E-state index in [4.69, 9.17) is 16.6 Å². The topological polar surface area (TPSA) is 37.8 Å². The van der Waals surface area contributed by atoms with Crippen molar-refractivity contribution in [1.29, 1.82) is 0 Å². The number of nitrogens with zero attached hydrogens (tertiary/aromatic N) is 2. The Kier molecular flexibility index (Phi) is 5.33. The predicted molar refractivity (Wildman–Crippen MR) is 83.5 cm³/mol. The van der Waals surface area contributed by atoms with Gasteiger partial charge in [-0.05, 0) is 18.9 Å². The fraction of sp³-hybridized carbons (Fsp3) is 0.538. The van der Waals surface area contributed by atoms with Gasteiger partial charge >= 0.3 is 0 Å². The van der Waals surface area contributed by atoms with Crippen LogP contribution in [0.2, 0.25) is 4.34 Å². The number of hydrogen-bond donors (Lipinski definition) is 1. The molecule has 0 aromatic carbocycles. The molecule has 0 aliphatic rings. The number of hydrogen-bond acceptors (Lipinski definition) is 5. The standard InChI is InChI=1S/C13H18ClN3S2/c1-4-5-15-11(12-16-6-10(14)19-12)13-17-9(7-18-13)8(2)3/h6-8,11,15H,4-5H2,1-3H3. The van der Waals surface area contributed by atoms with Gasteiger partial charge in [-0.3, -0.25) is 0 Å². The van der Waals surface area contributed by atoms with E-state index in [-0.39, 0.29) is 6.04 Å². The van der Waals surface area contributed by atoms with Crippen LogP contribution in [-0.4, -0.2) is 16.5 Å². The zero-order valence-electron chi connectivity index (χ0n) is 11.3. The van der Waals surface area contributed by atoms with Gasteiger partial charge in [-0.2, -0.15) is 0 Å². The second kappa shape index (κ2) is 6.79. The van der Waals surface area contributed by atoms with Gasteiger partial charge in [-0.15, -0.1) is 22.7 Å². The van der Waals surface area contributed by atoms with Crippen molar-refractivity contribution in [2.24, 2.45) is 0 Å². The molecule has 0 saturated carbocycles. The molecule has 0 aliphatic carbocycles. The quantitative estimate of drug-likeness (QED) is 0.855. The zero-order valence-corrected chi connectivity index (χ0v) is 13.7. The minimum absolute atomic E-state index is 0.0648. The third-order valence-electron chi connectivity index (χ3n) is 2.72. The summed E-state index contributed by atoms with van der Waals surface area (Å²) in [5.41, 5.74) is 1.14. The van der Waals surface area contributed by atoms with E-state index in [1.165, 1.54) is 11.3 Å². The second-order valence-electron chi connectivity index (χ2n) is 4.66. The lowest BCUT2D eigenvalue weighted by atomic mass is 10.2. The number of rotatable bonds is 6. The van der Waals surface area contributed by atoms with Gasteiger partial charge in [0.1, 0.15) is 20.4 Å². The van der Waals surface area contributed by atoms with Crippen LogP contribution in [0.5, 0.6) is 0 Å². The molecule has 3 nitrogen and oxygen atoms in total. The normalized spacial score (nSPS) is 13.1. The average molecular weight is 316 g/mol. The molecule has 0 amide bonds. The lowest BCUT2D eigenvalue weighted by molar-refractivity contribution is 0.590. The zero-order chi connectivity index (χ0) is 13.8. The van der Waals surface area contributed by atoms with Gasteiger partial charge in [0.05, 0.1) is 11.9 Å². The first kappa shape index (κ1) is 14.9. The van der Waals surface area contributed by atoms with Crippen molar-refractivity contribution >= 4 is 34.3 Å². The molecule has 0 aliphatic heterocycles. The monoisotopic (exact) mass is 315 g/mol. The molecule has 19 heavy (non-hydrogen) atoms. The minimum atomic E-state index is 0.0648. The highest BCUT2D eigenvalue weighted by Gasteiger charge is 2.21. The van der Waals surface area contributed by atoms with Crippen LogP contribution in [-0.2, 0) is 0 Å². The van der Waals surface area contributed by atoms with Gasteiger partial charge in [0.2, 0.25) is 0 Å². The Labute approximate surface area is 127 Å². The smallest absolute Gasteiger partial charge is 0.118 e. The number of aromatic nitrogens is 2. The van der Waals surface area contributed by atoms with Crippen LogP contribution >= 0.6 is 34.3 Å². The Morgan fingerprint density at radius 1 is 1.37 bits per heavy atom. The van der Waals surface area contributed by atoms with E-state index in [2.05, 4.69) is 36.5 Å². The van der Waals surface area contributed by atoms with Crippen LogP contribution in [0.3, 0.4) is 0 Å². The predicted octanol–water partition coefficient (Wildman–Crippen LogP) is 4.47. The molecule has 0 spiro atoms. The van der Waals surface area contributed by atoms with Gasteiger partial charge in [0.25, 0.3) is 0 Å². The first-order valence-electron chi connectivity index (χ1n) is 6.41. The first-order chi connectivity index (χ1) is 9.11. The maximum absolute atomic E-state index is 5.99. The highest BCUT2D eigenvalue weighted by Crippen LogP contribution is 2.31. The van der Waals surface area contributed by atoms with Crippen LogP contribution in [0.25, 0.3) is 0 Å². The molecular formula is C13H18ClN3S2. The third-order valence-corrected chi connectivity index (χ3v) is 4.83. The molecule has 2 aromatic rings. The molecule has 0 fully saturated rings.